The third kappa shape index (κ3) is 1.82. The first-order valence-electron chi connectivity index (χ1n) is 4.20. The topological polar surface area (TPSA) is 52.0 Å². The number of nitrogens with two attached hydrogens (primary N) is 1. The highest BCUT2D eigenvalue weighted by molar-refractivity contribution is 7.19. The van der Waals surface area contributed by atoms with Crippen molar-refractivity contribution in [2.24, 2.45) is 5.73 Å². The summed E-state index contributed by atoms with van der Waals surface area (Å²) in [6.45, 7) is 0.557. The quantitative estimate of drug-likeness (QED) is 0.879. The van der Waals surface area contributed by atoms with E-state index in [0.29, 0.717) is 17.3 Å². The molecule has 0 aliphatic rings. The van der Waals surface area contributed by atoms with Gasteiger partial charge in [-0.3, -0.25) is 0 Å². The van der Waals surface area contributed by atoms with Gasteiger partial charge in [0, 0.05) is 6.42 Å². The number of nitrogens with zero attached hydrogens (tertiary/aromatic N) is 1. The molecule has 0 aromatic carbocycles. The molecule has 74 valence electrons. The average molecular weight is 229 g/mol. The number of aromatic nitrogens is 1. The SMILES string of the molecule is NCCc1nc(-c2ccco2)sc1Cl. The molecular formula is C9H9ClN2OS. The molecule has 3 nitrogen and oxygen atoms in total. The second-order valence-electron chi connectivity index (χ2n) is 2.76. The van der Waals surface area contributed by atoms with Crippen LogP contribution in [-0.2, 0) is 6.42 Å². The van der Waals surface area contributed by atoms with Crippen molar-refractivity contribution in [1.29, 1.82) is 0 Å². The Morgan fingerprint density at radius 1 is 1.57 bits per heavy atom. The fourth-order valence-electron chi connectivity index (χ4n) is 1.13. The highest BCUT2D eigenvalue weighted by Crippen LogP contribution is 2.31. The Morgan fingerprint density at radius 2 is 2.43 bits per heavy atom. The summed E-state index contributed by atoms with van der Waals surface area (Å²) in [4.78, 5) is 4.35. The summed E-state index contributed by atoms with van der Waals surface area (Å²) >= 11 is 7.42. The summed E-state index contributed by atoms with van der Waals surface area (Å²) in [5.74, 6) is 0.750. The van der Waals surface area contributed by atoms with Crippen LogP contribution in [-0.4, -0.2) is 11.5 Å². The van der Waals surface area contributed by atoms with Crippen LogP contribution in [0.1, 0.15) is 5.69 Å². The second kappa shape index (κ2) is 4.13. The number of thiazole rings is 1. The van der Waals surface area contributed by atoms with Crippen LogP contribution in [0.4, 0.5) is 0 Å². The van der Waals surface area contributed by atoms with Crippen molar-refractivity contribution in [2.75, 3.05) is 6.54 Å². The van der Waals surface area contributed by atoms with Crippen LogP contribution in [0.2, 0.25) is 4.34 Å². The lowest BCUT2D eigenvalue weighted by Gasteiger charge is -1.90. The van der Waals surface area contributed by atoms with Gasteiger partial charge in [-0.05, 0) is 18.7 Å². The molecule has 0 saturated carbocycles. The molecule has 0 aliphatic carbocycles. The van der Waals surface area contributed by atoms with E-state index in [-0.39, 0.29) is 0 Å². The molecule has 5 heteroatoms. The van der Waals surface area contributed by atoms with E-state index in [0.717, 1.165) is 16.5 Å². The van der Waals surface area contributed by atoms with E-state index < -0.39 is 0 Å². The first-order valence-corrected chi connectivity index (χ1v) is 5.40. The monoisotopic (exact) mass is 228 g/mol. The predicted octanol–water partition coefficient (Wildman–Crippen LogP) is 2.56. The van der Waals surface area contributed by atoms with Crippen LogP contribution in [0.5, 0.6) is 0 Å². The molecule has 0 amide bonds. The Balaban J connectivity index is 2.33. The first-order chi connectivity index (χ1) is 6.81. The van der Waals surface area contributed by atoms with E-state index in [1.54, 1.807) is 6.26 Å². The van der Waals surface area contributed by atoms with E-state index >= 15 is 0 Å². The Morgan fingerprint density at radius 3 is 3.07 bits per heavy atom. The van der Waals surface area contributed by atoms with E-state index in [2.05, 4.69) is 4.98 Å². The summed E-state index contributed by atoms with van der Waals surface area (Å²) in [5.41, 5.74) is 6.29. The second-order valence-corrected chi connectivity index (χ2v) is 4.36. The standard InChI is InChI=1S/C9H9ClN2OS/c10-8-6(3-4-11)12-9(14-8)7-2-1-5-13-7/h1-2,5H,3-4,11H2. The zero-order valence-electron chi connectivity index (χ0n) is 7.37. The van der Waals surface area contributed by atoms with Crippen molar-refractivity contribution in [3.05, 3.63) is 28.4 Å². The van der Waals surface area contributed by atoms with Gasteiger partial charge < -0.3 is 10.2 Å². The summed E-state index contributed by atoms with van der Waals surface area (Å²) in [6.07, 6.45) is 2.32. The molecule has 0 fully saturated rings. The number of halogens is 1. The van der Waals surface area contributed by atoms with Gasteiger partial charge in [0.2, 0.25) is 0 Å². The average Bonchev–Trinajstić information content (AvgIpc) is 2.76. The van der Waals surface area contributed by atoms with Crippen molar-refractivity contribution in [2.45, 2.75) is 6.42 Å². The number of furan rings is 1. The maximum atomic E-state index is 6.00. The minimum absolute atomic E-state index is 0.557. The molecule has 14 heavy (non-hydrogen) atoms. The third-order valence-electron chi connectivity index (χ3n) is 1.76. The van der Waals surface area contributed by atoms with Crippen LogP contribution < -0.4 is 5.73 Å². The lowest BCUT2D eigenvalue weighted by atomic mass is 10.3. The number of rotatable bonds is 3. The minimum Gasteiger partial charge on any atom is -0.462 e. The Labute approximate surface area is 90.5 Å². The van der Waals surface area contributed by atoms with Gasteiger partial charge in [-0.1, -0.05) is 22.9 Å². The number of hydrogen-bond acceptors (Lipinski definition) is 4. The normalized spacial score (nSPS) is 10.7. The first kappa shape index (κ1) is 9.71. The molecule has 0 atom stereocenters. The van der Waals surface area contributed by atoms with Crippen molar-refractivity contribution < 1.29 is 4.42 Å². The third-order valence-corrected chi connectivity index (χ3v) is 3.11. The number of hydrogen-bond donors (Lipinski definition) is 1. The molecule has 2 rings (SSSR count). The molecule has 2 N–H and O–H groups in total. The van der Waals surface area contributed by atoms with Gasteiger partial charge in [-0.2, -0.15) is 0 Å². The summed E-state index contributed by atoms with van der Waals surface area (Å²) in [6, 6.07) is 3.69. The molecule has 0 aliphatic heterocycles. The van der Waals surface area contributed by atoms with E-state index in [4.69, 9.17) is 21.8 Å². The fraction of sp³-hybridized carbons (Fsp3) is 0.222. The van der Waals surface area contributed by atoms with Crippen LogP contribution in [0.25, 0.3) is 10.8 Å². The highest BCUT2D eigenvalue weighted by Gasteiger charge is 2.11. The van der Waals surface area contributed by atoms with Crippen molar-refractivity contribution in [3.63, 3.8) is 0 Å². The fourth-order valence-corrected chi connectivity index (χ4v) is 2.29. The molecule has 2 aromatic rings. The van der Waals surface area contributed by atoms with Crippen LogP contribution in [0.15, 0.2) is 22.8 Å². The molecule has 0 unspecified atom stereocenters. The van der Waals surface area contributed by atoms with Gasteiger partial charge in [-0.15, -0.1) is 0 Å². The molecular weight excluding hydrogens is 220 g/mol. The van der Waals surface area contributed by atoms with Gasteiger partial charge in [0.15, 0.2) is 10.8 Å². The van der Waals surface area contributed by atoms with Gasteiger partial charge in [0.1, 0.15) is 4.34 Å². The van der Waals surface area contributed by atoms with Crippen molar-refractivity contribution in [1.82, 2.24) is 4.98 Å². The molecule has 0 radical (unpaired) electrons. The summed E-state index contributed by atoms with van der Waals surface area (Å²) in [7, 11) is 0. The molecule has 0 saturated heterocycles. The van der Waals surface area contributed by atoms with Crippen molar-refractivity contribution in [3.8, 4) is 10.8 Å². The van der Waals surface area contributed by atoms with Crippen LogP contribution in [0, 0.1) is 0 Å². The summed E-state index contributed by atoms with van der Waals surface area (Å²) < 4.78 is 5.92. The molecule has 2 heterocycles. The van der Waals surface area contributed by atoms with Gasteiger partial charge >= 0.3 is 0 Å². The molecule has 0 bridgehead atoms. The lowest BCUT2D eigenvalue weighted by Crippen LogP contribution is -2.03. The zero-order valence-corrected chi connectivity index (χ0v) is 8.94. The Hall–Kier alpha value is -0.840. The van der Waals surface area contributed by atoms with E-state index in [9.17, 15) is 0 Å². The van der Waals surface area contributed by atoms with Crippen LogP contribution in [0.3, 0.4) is 0 Å². The predicted molar refractivity (Wildman–Crippen MR) is 57.6 cm³/mol. The van der Waals surface area contributed by atoms with Crippen molar-refractivity contribution >= 4 is 22.9 Å². The lowest BCUT2D eigenvalue weighted by molar-refractivity contribution is 0.581. The van der Waals surface area contributed by atoms with Gasteiger partial charge in [-0.25, -0.2) is 4.98 Å². The highest BCUT2D eigenvalue weighted by atomic mass is 35.5. The molecule has 0 spiro atoms. The Kier molecular flexibility index (Phi) is 2.86. The maximum absolute atomic E-state index is 6.00. The Bertz CT molecular complexity index is 410. The van der Waals surface area contributed by atoms with Crippen LogP contribution >= 0.6 is 22.9 Å². The largest absolute Gasteiger partial charge is 0.462 e. The minimum atomic E-state index is 0.557. The maximum Gasteiger partial charge on any atom is 0.162 e. The van der Waals surface area contributed by atoms with Gasteiger partial charge in [0.05, 0.1) is 12.0 Å². The van der Waals surface area contributed by atoms with E-state index in [1.165, 1.54) is 11.3 Å². The van der Waals surface area contributed by atoms with E-state index in [1.807, 2.05) is 12.1 Å². The zero-order chi connectivity index (χ0) is 9.97. The van der Waals surface area contributed by atoms with Gasteiger partial charge in [0.25, 0.3) is 0 Å². The smallest absolute Gasteiger partial charge is 0.162 e. The molecule has 2 aromatic heterocycles. The summed E-state index contributed by atoms with van der Waals surface area (Å²) in [5, 5.41) is 0.809.